The Balaban J connectivity index is 2.03. The smallest absolute Gasteiger partial charge is 0.416 e. The molecule has 1 atom stereocenters. The monoisotopic (exact) mass is 253 g/mol. The standard InChI is InChI=1S/C11H11NO4S/c13-10(14)9-6-17-7-12(9)11(15)16-8-4-2-1-3-5-8/h1-5,9H,6-7H2,(H,13,14)/t9-/m0/s1. The first-order valence-corrected chi connectivity index (χ1v) is 6.18. The van der Waals surface area contributed by atoms with Gasteiger partial charge in [-0.15, -0.1) is 11.8 Å². The zero-order valence-corrected chi connectivity index (χ0v) is 9.72. The number of aliphatic carboxylic acids is 1. The van der Waals surface area contributed by atoms with Crippen molar-refractivity contribution in [2.45, 2.75) is 6.04 Å². The maximum Gasteiger partial charge on any atom is 0.416 e. The molecule has 0 aromatic heterocycles. The molecule has 1 heterocycles. The molecule has 0 radical (unpaired) electrons. The zero-order chi connectivity index (χ0) is 12.3. The van der Waals surface area contributed by atoms with Crippen LogP contribution in [0.5, 0.6) is 5.75 Å². The molecule has 6 heteroatoms. The first kappa shape index (κ1) is 11.8. The van der Waals surface area contributed by atoms with Crippen LogP contribution in [-0.2, 0) is 4.79 Å². The highest BCUT2D eigenvalue weighted by Gasteiger charge is 2.35. The number of amides is 1. The van der Waals surface area contributed by atoms with Gasteiger partial charge < -0.3 is 9.84 Å². The van der Waals surface area contributed by atoms with Gasteiger partial charge in [0.05, 0.1) is 5.88 Å². The van der Waals surface area contributed by atoms with E-state index in [1.54, 1.807) is 24.3 Å². The summed E-state index contributed by atoms with van der Waals surface area (Å²) in [5.41, 5.74) is 0. The third-order valence-electron chi connectivity index (χ3n) is 2.35. The molecule has 1 aliphatic rings. The Kier molecular flexibility index (Phi) is 3.53. The predicted octanol–water partition coefficient (Wildman–Crippen LogP) is 1.64. The van der Waals surface area contributed by atoms with Gasteiger partial charge in [0.2, 0.25) is 0 Å². The predicted molar refractivity (Wildman–Crippen MR) is 63.1 cm³/mol. The fourth-order valence-electron chi connectivity index (χ4n) is 1.48. The molecule has 1 fully saturated rings. The van der Waals surface area contributed by atoms with Crippen LogP contribution in [0, 0.1) is 0 Å². The second-order valence-corrected chi connectivity index (χ2v) is 4.50. The summed E-state index contributed by atoms with van der Waals surface area (Å²) in [7, 11) is 0. The Bertz CT molecular complexity index is 423. The average molecular weight is 253 g/mol. The van der Waals surface area contributed by atoms with Gasteiger partial charge in [0.1, 0.15) is 11.8 Å². The number of ether oxygens (including phenoxy) is 1. The maximum absolute atomic E-state index is 11.8. The van der Waals surface area contributed by atoms with E-state index < -0.39 is 18.1 Å². The third-order valence-corrected chi connectivity index (χ3v) is 3.36. The van der Waals surface area contributed by atoms with Gasteiger partial charge in [-0.25, -0.2) is 9.59 Å². The summed E-state index contributed by atoms with van der Waals surface area (Å²) >= 11 is 1.40. The number of carbonyl (C=O) groups excluding carboxylic acids is 1. The fourth-order valence-corrected chi connectivity index (χ4v) is 2.61. The molecule has 0 unspecified atom stereocenters. The first-order chi connectivity index (χ1) is 8.18. The zero-order valence-electron chi connectivity index (χ0n) is 8.91. The van der Waals surface area contributed by atoms with Crippen molar-refractivity contribution in [2.75, 3.05) is 11.6 Å². The molecular formula is C11H11NO4S. The first-order valence-electron chi connectivity index (χ1n) is 5.02. The molecule has 1 N–H and O–H groups in total. The van der Waals surface area contributed by atoms with Crippen molar-refractivity contribution < 1.29 is 19.4 Å². The van der Waals surface area contributed by atoms with Crippen molar-refractivity contribution in [3.63, 3.8) is 0 Å². The number of para-hydroxylation sites is 1. The van der Waals surface area contributed by atoms with E-state index in [0.29, 0.717) is 17.4 Å². The largest absolute Gasteiger partial charge is 0.480 e. The average Bonchev–Trinajstić information content (AvgIpc) is 2.79. The van der Waals surface area contributed by atoms with E-state index in [9.17, 15) is 9.59 Å². The lowest BCUT2D eigenvalue weighted by Crippen LogP contribution is -2.43. The van der Waals surface area contributed by atoms with Gasteiger partial charge in [-0.1, -0.05) is 18.2 Å². The second kappa shape index (κ2) is 5.09. The summed E-state index contributed by atoms with van der Waals surface area (Å²) in [6, 6.07) is 7.80. The van der Waals surface area contributed by atoms with Crippen molar-refractivity contribution >= 4 is 23.8 Å². The Hall–Kier alpha value is -1.69. The number of carboxylic acid groups (broad SMARTS) is 1. The molecule has 1 aromatic carbocycles. The van der Waals surface area contributed by atoms with E-state index in [1.165, 1.54) is 16.7 Å². The highest BCUT2D eigenvalue weighted by molar-refractivity contribution is 7.99. The van der Waals surface area contributed by atoms with E-state index in [4.69, 9.17) is 9.84 Å². The van der Waals surface area contributed by atoms with Gasteiger partial charge in [-0.05, 0) is 12.1 Å². The molecule has 1 amide bonds. The molecule has 0 bridgehead atoms. The lowest BCUT2D eigenvalue weighted by Gasteiger charge is -2.19. The minimum atomic E-state index is -1.000. The summed E-state index contributed by atoms with van der Waals surface area (Å²) in [4.78, 5) is 23.9. The molecular weight excluding hydrogens is 242 g/mol. The molecule has 2 rings (SSSR count). The molecule has 5 nitrogen and oxygen atoms in total. The molecule has 1 saturated heterocycles. The van der Waals surface area contributed by atoms with E-state index in [0.717, 1.165) is 0 Å². The van der Waals surface area contributed by atoms with E-state index in [2.05, 4.69) is 0 Å². The number of benzene rings is 1. The lowest BCUT2D eigenvalue weighted by atomic mass is 10.3. The quantitative estimate of drug-likeness (QED) is 0.868. The highest BCUT2D eigenvalue weighted by Crippen LogP contribution is 2.22. The topological polar surface area (TPSA) is 66.8 Å². The van der Waals surface area contributed by atoms with Gasteiger partial charge >= 0.3 is 12.1 Å². The van der Waals surface area contributed by atoms with Gasteiger partial charge in [0.15, 0.2) is 0 Å². The third kappa shape index (κ3) is 2.71. The van der Waals surface area contributed by atoms with Gasteiger partial charge in [-0.2, -0.15) is 0 Å². The number of hydrogen-bond donors (Lipinski definition) is 1. The fraction of sp³-hybridized carbons (Fsp3) is 0.273. The van der Waals surface area contributed by atoms with Crippen LogP contribution in [0.15, 0.2) is 30.3 Å². The summed E-state index contributed by atoms with van der Waals surface area (Å²) in [5, 5.41) is 8.94. The molecule has 0 spiro atoms. The van der Waals surface area contributed by atoms with Crippen molar-refractivity contribution in [2.24, 2.45) is 0 Å². The van der Waals surface area contributed by atoms with E-state index >= 15 is 0 Å². The lowest BCUT2D eigenvalue weighted by molar-refractivity contribution is -0.141. The summed E-state index contributed by atoms with van der Waals surface area (Å²) in [5.74, 6) is 0.167. The van der Waals surface area contributed by atoms with Crippen molar-refractivity contribution in [3.8, 4) is 5.75 Å². The van der Waals surface area contributed by atoms with Gasteiger partial charge in [-0.3, -0.25) is 4.90 Å². The number of carboxylic acids is 1. The summed E-state index contributed by atoms with van der Waals surface area (Å²) < 4.78 is 5.09. The van der Waals surface area contributed by atoms with Crippen LogP contribution in [0.1, 0.15) is 0 Å². The number of thioether (sulfide) groups is 1. The van der Waals surface area contributed by atoms with Crippen LogP contribution in [-0.4, -0.2) is 39.7 Å². The molecule has 17 heavy (non-hydrogen) atoms. The van der Waals surface area contributed by atoms with Crippen LogP contribution < -0.4 is 4.74 Å². The van der Waals surface area contributed by atoms with E-state index in [1.807, 2.05) is 6.07 Å². The van der Waals surface area contributed by atoms with Crippen molar-refractivity contribution in [1.82, 2.24) is 4.90 Å². The Morgan fingerprint density at radius 2 is 2.06 bits per heavy atom. The minimum absolute atomic E-state index is 0.350. The molecule has 90 valence electrons. The number of carbonyl (C=O) groups is 2. The number of nitrogens with zero attached hydrogens (tertiary/aromatic N) is 1. The Morgan fingerprint density at radius 1 is 1.35 bits per heavy atom. The van der Waals surface area contributed by atoms with Gasteiger partial charge in [0.25, 0.3) is 0 Å². The summed E-state index contributed by atoms with van der Waals surface area (Å²) in [6.07, 6.45) is -0.617. The van der Waals surface area contributed by atoms with Crippen LogP contribution in [0.25, 0.3) is 0 Å². The van der Waals surface area contributed by atoms with Crippen LogP contribution >= 0.6 is 11.8 Å². The van der Waals surface area contributed by atoms with Crippen LogP contribution in [0.3, 0.4) is 0 Å². The molecule has 0 saturated carbocycles. The van der Waals surface area contributed by atoms with Crippen LogP contribution in [0.4, 0.5) is 4.79 Å². The van der Waals surface area contributed by atoms with Crippen LogP contribution in [0.2, 0.25) is 0 Å². The molecule has 1 aromatic rings. The normalized spacial score (nSPS) is 19.1. The van der Waals surface area contributed by atoms with E-state index in [-0.39, 0.29) is 0 Å². The maximum atomic E-state index is 11.8. The number of hydrogen-bond acceptors (Lipinski definition) is 4. The molecule has 0 aliphatic carbocycles. The highest BCUT2D eigenvalue weighted by atomic mass is 32.2. The SMILES string of the molecule is O=C(O)[C@@H]1CSCN1C(=O)Oc1ccccc1. The molecule has 1 aliphatic heterocycles. The van der Waals surface area contributed by atoms with Gasteiger partial charge in [0, 0.05) is 5.75 Å². The minimum Gasteiger partial charge on any atom is -0.480 e. The second-order valence-electron chi connectivity index (χ2n) is 3.50. The summed E-state index contributed by atoms with van der Waals surface area (Å²) in [6.45, 7) is 0. The Labute approximate surface area is 102 Å². The Morgan fingerprint density at radius 3 is 2.71 bits per heavy atom. The van der Waals surface area contributed by atoms with Crippen molar-refractivity contribution in [3.05, 3.63) is 30.3 Å². The van der Waals surface area contributed by atoms with Crippen molar-refractivity contribution in [1.29, 1.82) is 0 Å². The number of rotatable bonds is 2.